The summed E-state index contributed by atoms with van der Waals surface area (Å²) in [5.74, 6) is 1.72. The van der Waals surface area contributed by atoms with Crippen molar-refractivity contribution in [1.82, 2.24) is 10.2 Å². The topological polar surface area (TPSA) is 32.3 Å². The van der Waals surface area contributed by atoms with Gasteiger partial charge in [0.25, 0.3) is 0 Å². The van der Waals surface area contributed by atoms with Gasteiger partial charge in [0.1, 0.15) is 0 Å². The Kier molecular flexibility index (Phi) is 3.53. The van der Waals surface area contributed by atoms with Gasteiger partial charge in [-0.1, -0.05) is 20.8 Å². The number of amides is 1. The van der Waals surface area contributed by atoms with Crippen LogP contribution in [0.15, 0.2) is 0 Å². The van der Waals surface area contributed by atoms with Crippen LogP contribution in [0.3, 0.4) is 0 Å². The summed E-state index contributed by atoms with van der Waals surface area (Å²) in [7, 11) is 0. The number of carbonyl (C=O) groups excluding carboxylic acids is 1. The lowest BCUT2D eigenvalue weighted by atomic mass is 10.0. The molecule has 0 bridgehead atoms. The lowest BCUT2D eigenvalue weighted by Crippen LogP contribution is -2.37. The van der Waals surface area contributed by atoms with Crippen molar-refractivity contribution in [3.63, 3.8) is 0 Å². The number of nitrogens with zero attached hydrogens (tertiary/aromatic N) is 1. The minimum absolute atomic E-state index is 0.0795. The lowest BCUT2D eigenvalue weighted by Gasteiger charge is -2.23. The van der Waals surface area contributed by atoms with E-state index < -0.39 is 0 Å². The molecular weight excluding hydrogens is 200 g/mol. The van der Waals surface area contributed by atoms with E-state index in [2.05, 4.69) is 31.0 Å². The van der Waals surface area contributed by atoms with Gasteiger partial charge in [-0.2, -0.15) is 0 Å². The van der Waals surface area contributed by atoms with Gasteiger partial charge in [-0.05, 0) is 37.5 Å². The number of hydrogen-bond acceptors (Lipinski definition) is 2. The highest BCUT2D eigenvalue weighted by Crippen LogP contribution is 2.30. The Morgan fingerprint density at radius 2 is 2.19 bits per heavy atom. The van der Waals surface area contributed by atoms with Crippen molar-refractivity contribution >= 4 is 5.91 Å². The summed E-state index contributed by atoms with van der Waals surface area (Å²) in [6.45, 7) is 7.41. The van der Waals surface area contributed by atoms with Gasteiger partial charge in [-0.25, -0.2) is 0 Å². The molecule has 2 fully saturated rings. The van der Waals surface area contributed by atoms with Gasteiger partial charge in [0.05, 0.1) is 12.7 Å². The zero-order valence-corrected chi connectivity index (χ0v) is 10.7. The molecule has 2 aliphatic rings. The molecule has 1 aliphatic carbocycles. The summed E-state index contributed by atoms with van der Waals surface area (Å²) in [4.78, 5) is 14.3. The van der Waals surface area contributed by atoms with E-state index in [4.69, 9.17) is 0 Å². The molecule has 1 saturated carbocycles. The van der Waals surface area contributed by atoms with E-state index >= 15 is 0 Å². The van der Waals surface area contributed by atoms with Gasteiger partial charge in [-0.3, -0.25) is 10.1 Å². The second-order valence-corrected chi connectivity index (χ2v) is 5.92. The van der Waals surface area contributed by atoms with Crippen LogP contribution in [0, 0.1) is 11.8 Å². The largest absolute Gasteiger partial charge is 0.326 e. The minimum atomic E-state index is 0.0795. The van der Waals surface area contributed by atoms with E-state index in [9.17, 15) is 4.79 Å². The third-order valence-corrected chi connectivity index (χ3v) is 3.90. The highest BCUT2D eigenvalue weighted by atomic mass is 16.2. The Bertz CT molecular complexity index is 265. The van der Waals surface area contributed by atoms with Crippen LogP contribution in [-0.4, -0.2) is 29.6 Å². The molecule has 0 radical (unpaired) electrons. The molecule has 16 heavy (non-hydrogen) atoms. The quantitative estimate of drug-likeness (QED) is 0.795. The van der Waals surface area contributed by atoms with Crippen LogP contribution in [0.2, 0.25) is 0 Å². The molecule has 1 heterocycles. The second kappa shape index (κ2) is 4.74. The van der Waals surface area contributed by atoms with Gasteiger partial charge >= 0.3 is 0 Å². The number of rotatable bonds is 3. The third kappa shape index (κ3) is 2.40. The molecule has 92 valence electrons. The van der Waals surface area contributed by atoms with Crippen molar-refractivity contribution in [3.8, 4) is 0 Å². The molecule has 3 unspecified atom stereocenters. The first-order valence-corrected chi connectivity index (χ1v) is 6.61. The zero-order chi connectivity index (χ0) is 11.7. The summed E-state index contributed by atoms with van der Waals surface area (Å²) in [5, 5.41) is 3.36. The van der Waals surface area contributed by atoms with Crippen LogP contribution in [0.1, 0.15) is 46.5 Å². The molecule has 0 aromatic heterocycles. The van der Waals surface area contributed by atoms with Gasteiger partial charge in [-0.15, -0.1) is 0 Å². The normalized spacial score (nSPS) is 35.4. The third-order valence-electron chi connectivity index (χ3n) is 3.90. The average Bonchev–Trinajstić information content (AvgIpc) is 2.74. The van der Waals surface area contributed by atoms with E-state index in [0.29, 0.717) is 17.9 Å². The van der Waals surface area contributed by atoms with Crippen molar-refractivity contribution in [2.24, 2.45) is 11.8 Å². The molecule has 1 N–H and O–H groups in total. The van der Waals surface area contributed by atoms with Crippen LogP contribution in [-0.2, 0) is 4.79 Å². The van der Waals surface area contributed by atoms with Crippen molar-refractivity contribution < 1.29 is 4.79 Å². The Labute approximate surface area is 98.6 Å². The van der Waals surface area contributed by atoms with E-state index in [1.54, 1.807) is 0 Å². The highest BCUT2D eigenvalue weighted by Gasteiger charge is 2.37. The SMILES string of the molecule is CC(C)CC1NCN(C2CCC(C)C2)C1=O. The molecule has 1 aliphatic heterocycles. The maximum absolute atomic E-state index is 12.2. The van der Waals surface area contributed by atoms with E-state index in [1.807, 2.05) is 0 Å². The standard InChI is InChI=1S/C13H24N2O/c1-9(2)6-12-13(16)15(8-14-12)11-5-4-10(3)7-11/h9-12,14H,4-8H2,1-3H3. The van der Waals surface area contributed by atoms with Crippen molar-refractivity contribution in [2.75, 3.05) is 6.67 Å². The van der Waals surface area contributed by atoms with Gasteiger partial charge in [0, 0.05) is 6.04 Å². The first-order valence-electron chi connectivity index (χ1n) is 6.61. The number of nitrogens with one attached hydrogen (secondary N) is 1. The second-order valence-electron chi connectivity index (χ2n) is 5.92. The first kappa shape index (κ1) is 11.9. The van der Waals surface area contributed by atoms with Gasteiger partial charge in [0.2, 0.25) is 5.91 Å². The fourth-order valence-corrected chi connectivity index (χ4v) is 3.00. The monoisotopic (exact) mass is 224 g/mol. The molecular formula is C13H24N2O. The molecule has 3 heteroatoms. The van der Waals surface area contributed by atoms with Crippen LogP contribution >= 0.6 is 0 Å². The summed E-state index contributed by atoms with van der Waals surface area (Å²) in [5.41, 5.74) is 0. The average molecular weight is 224 g/mol. The summed E-state index contributed by atoms with van der Waals surface area (Å²) in [6, 6.07) is 0.586. The summed E-state index contributed by atoms with van der Waals surface area (Å²) < 4.78 is 0. The molecule has 3 nitrogen and oxygen atoms in total. The van der Waals surface area contributed by atoms with E-state index in [-0.39, 0.29) is 6.04 Å². The van der Waals surface area contributed by atoms with E-state index in [0.717, 1.165) is 19.0 Å². The first-order chi connectivity index (χ1) is 7.58. The molecule has 0 aromatic carbocycles. The molecule has 2 rings (SSSR count). The molecule has 3 atom stereocenters. The van der Waals surface area contributed by atoms with Crippen molar-refractivity contribution in [3.05, 3.63) is 0 Å². The summed E-state index contributed by atoms with van der Waals surface area (Å²) >= 11 is 0. The van der Waals surface area contributed by atoms with Gasteiger partial charge < -0.3 is 4.90 Å². The highest BCUT2D eigenvalue weighted by molar-refractivity contribution is 5.84. The Morgan fingerprint density at radius 1 is 1.44 bits per heavy atom. The molecule has 0 aromatic rings. The Balaban J connectivity index is 1.91. The lowest BCUT2D eigenvalue weighted by molar-refractivity contribution is -0.131. The molecule has 1 amide bonds. The fourth-order valence-electron chi connectivity index (χ4n) is 3.00. The predicted molar refractivity (Wildman–Crippen MR) is 64.9 cm³/mol. The van der Waals surface area contributed by atoms with Crippen LogP contribution in [0.4, 0.5) is 0 Å². The molecule has 1 saturated heterocycles. The van der Waals surface area contributed by atoms with Gasteiger partial charge in [0.15, 0.2) is 0 Å². The molecule has 0 spiro atoms. The van der Waals surface area contributed by atoms with Crippen LogP contribution in [0.25, 0.3) is 0 Å². The fraction of sp³-hybridized carbons (Fsp3) is 0.923. The Morgan fingerprint density at radius 3 is 2.75 bits per heavy atom. The number of carbonyl (C=O) groups is 1. The minimum Gasteiger partial charge on any atom is -0.326 e. The summed E-state index contributed by atoms with van der Waals surface area (Å²) in [6.07, 6.45) is 4.64. The Hall–Kier alpha value is -0.570. The van der Waals surface area contributed by atoms with Crippen molar-refractivity contribution in [2.45, 2.75) is 58.5 Å². The van der Waals surface area contributed by atoms with E-state index in [1.165, 1.54) is 19.3 Å². The number of hydrogen-bond donors (Lipinski definition) is 1. The zero-order valence-electron chi connectivity index (χ0n) is 10.7. The predicted octanol–water partition coefficient (Wildman–Crippen LogP) is 1.98. The smallest absolute Gasteiger partial charge is 0.241 e. The van der Waals surface area contributed by atoms with Crippen LogP contribution in [0.5, 0.6) is 0 Å². The van der Waals surface area contributed by atoms with Crippen LogP contribution < -0.4 is 5.32 Å². The maximum Gasteiger partial charge on any atom is 0.241 e. The maximum atomic E-state index is 12.2. The van der Waals surface area contributed by atoms with Crippen molar-refractivity contribution in [1.29, 1.82) is 0 Å².